The Kier molecular flexibility index (Phi) is 5.04. The number of thioether (sulfide) groups is 1. The number of aryl methyl sites for hydroxylation is 1. The van der Waals surface area contributed by atoms with Gasteiger partial charge in [-0.05, 0) is 35.5 Å². The summed E-state index contributed by atoms with van der Waals surface area (Å²) >= 11 is 2.41. The predicted molar refractivity (Wildman–Crippen MR) is 90.2 cm³/mol. The maximum atomic E-state index is 13.3. The number of aromatic nitrogens is 5. The smallest absolute Gasteiger partial charge is 0.239 e. The Morgan fingerprint density at radius 3 is 2.84 bits per heavy atom. The highest BCUT2D eigenvalue weighted by Crippen LogP contribution is 2.27. The molecule has 1 amide bonds. The van der Waals surface area contributed by atoms with Gasteiger partial charge in [-0.15, -0.1) is 16.4 Å². The maximum absolute atomic E-state index is 13.3. The van der Waals surface area contributed by atoms with Gasteiger partial charge in [0.15, 0.2) is 16.8 Å². The third-order valence-corrected chi connectivity index (χ3v) is 5.06. The van der Waals surface area contributed by atoms with E-state index in [4.69, 9.17) is 0 Å². The lowest BCUT2D eigenvalue weighted by atomic mass is 10.2. The highest BCUT2D eigenvalue weighted by Gasteiger charge is 2.19. The molecule has 0 aliphatic carbocycles. The van der Waals surface area contributed by atoms with Crippen molar-refractivity contribution in [2.45, 2.75) is 17.3 Å². The first-order valence-corrected chi connectivity index (χ1v) is 8.81. The van der Waals surface area contributed by atoms with Crippen molar-refractivity contribution in [1.82, 2.24) is 25.2 Å². The van der Waals surface area contributed by atoms with Crippen LogP contribution in [0.5, 0.6) is 0 Å². The number of rotatable bonds is 5. The van der Waals surface area contributed by atoms with Gasteiger partial charge in [0.2, 0.25) is 11.1 Å². The van der Waals surface area contributed by atoms with Crippen LogP contribution in [0.2, 0.25) is 0 Å². The van der Waals surface area contributed by atoms with Gasteiger partial charge in [-0.3, -0.25) is 4.79 Å². The molecule has 3 aromatic rings. The van der Waals surface area contributed by atoms with Gasteiger partial charge >= 0.3 is 0 Å². The van der Waals surface area contributed by atoms with Crippen LogP contribution in [0, 0.1) is 11.6 Å². The van der Waals surface area contributed by atoms with Crippen molar-refractivity contribution in [2.75, 3.05) is 5.32 Å². The lowest BCUT2D eigenvalue weighted by molar-refractivity contribution is -0.115. The Morgan fingerprint density at radius 2 is 2.16 bits per heavy atom. The monoisotopic (exact) mass is 382 g/mol. The number of thiazole rings is 1. The van der Waals surface area contributed by atoms with Crippen LogP contribution in [0.1, 0.15) is 6.92 Å². The van der Waals surface area contributed by atoms with E-state index in [9.17, 15) is 13.6 Å². The molecule has 0 spiro atoms. The Morgan fingerprint density at radius 1 is 1.36 bits per heavy atom. The topological polar surface area (TPSA) is 85.6 Å². The first-order chi connectivity index (χ1) is 11.9. The fourth-order valence-corrected chi connectivity index (χ4v) is 3.34. The molecule has 0 aliphatic heterocycles. The van der Waals surface area contributed by atoms with Crippen molar-refractivity contribution < 1.29 is 13.6 Å². The maximum Gasteiger partial charge on any atom is 0.239 e. The summed E-state index contributed by atoms with van der Waals surface area (Å²) in [5.41, 5.74) is 0.889. The van der Waals surface area contributed by atoms with E-state index in [1.54, 1.807) is 19.4 Å². The average molecular weight is 382 g/mol. The summed E-state index contributed by atoms with van der Waals surface area (Å²) in [6.07, 6.45) is 0. The standard InChI is InChI=1S/C14H12F2N6OS2/c1-7(25-14-19-20-21-22(14)2)12(23)18-13-17-11(6-24-13)8-3-4-9(15)10(16)5-8/h3-7H,1-2H3,(H,17,18,23)/t7-/m1/s1. The van der Waals surface area contributed by atoms with Crippen molar-refractivity contribution in [2.24, 2.45) is 7.05 Å². The number of tetrazole rings is 1. The van der Waals surface area contributed by atoms with Gasteiger partial charge in [-0.25, -0.2) is 18.4 Å². The van der Waals surface area contributed by atoms with Gasteiger partial charge in [0, 0.05) is 18.0 Å². The minimum Gasteiger partial charge on any atom is -0.301 e. The number of nitrogens with zero attached hydrogens (tertiary/aromatic N) is 5. The second-order valence-electron chi connectivity index (χ2n) is 5.00. The second-order valence-corrected chi connectivity index (χ2v) is 7.17. The van der Waals surface area contributed by atoms with Gasteiger partial charge in [-0.1, -0.05) is 11.8 Å². The number of nitrogens with one attached hydrogen (secondary N) is 1. The molecule has 1 N–H and O–H groups in total. The summed E-state index contributed by atoms with van der Waals surface area (Å²) < 4.78 is 27.8. The van der Waals surface area contributed by atoms with Crippen LogP contribution < -0.4 is 5.32 Å². The summed E-state index contributed by atoms with van der Waals surface area (Å²) in [5, 5.41) is 15.8. The molecule has 0 saturated heterocycles. The first-order valence-electron chi connectivity index (χ1n) is 7.05. The highest BCUT2D eigenvalue weighted by atomic mass is 32.2. The summed E-state index contributed by atoms with van der Waals surface area (Å²) in [6, 6.07) is 3.53. The van der Waals surface area contributed by atoms with E-state index < -0.39 is 16.9 Å². The van der Waals surface area contributed by atoms with E-state index in [1.807, 2.05) is 0 Å². The zero-order valence-corrected chi connectivity index (χ0v) is 14.7. The number of anilines is 1. The number of carbonyl (C=O) groups is 1. The number of carbonyl (C=O) groups excluding carboxylic acids is 1. The second kappa shape index (κ2) is 7.23. The normalized spacial score (nSPS) is 12.2. The highest BCUT2D eigenvalue weighted by molar-refractivity contribution is 8.00. The van der Waals surface area contributed by atoms with Crippen molar-refractivity contribution >= 4 is 34.1 Å². The van der Waals surface area contributed by atoms with E-state index in [0.29, 0.717) is 21.5 Å². The lowest BCUT2D eigenvalue weighted by Gasteiger charge is -2.08. The molecule has 11 heteroatoms. The van der Waals surface area contributed by atoms with Crippen LogP contribution in [0.25, 0.3) is 11.3 Å². The summed E-state index contributed by atoms with van der Waals surface area (Å²) in [6.45, 7) is 1.72. The SMILES string of the molecule is C[C@@H](Sc1nnnn1C)C(=O)Nc1nc(-c2ccc(F)c(F)c2)cs1. The third-order valence-electron chi connectivity index (χ3n) is 3.18. The summed E-state index contributed by atoms with van der Waals surface area (Å²) in [5.74, 6) is -2.13. The minimum atomic E-state index is -0.946. The quantitative estimate of drug-likeness (QED) is 0.683. The van der Waals surface area contributed by atoms with E-state index in [-0.39, 0.29) is 5.91 Å². The fraction of sp³-hybridized carbons (Fsp3) is 0.214. The molecule has 2 aromatic heterocycles. The average Bonchev–Trinajstić information content (AvgIpc) is 3.20. The minimum absolute atomic E-state index is 0.265. The molecule has 1 aromatic carbocycles. The number of hydrogen-bond acceptors (Lipinski definition) is 7. The molecule has 0 radical (unpaired) electrons. The summed E-state index contributed by atoms with van der Waals surface area (Å²) in [7, 11) is 1.68. The van der Waals surface area contributed by atoms with Gasteiger partial charge in [0.1, 0.15) is 0 Å². The molecule has 25 heavy (non-hydrogen) atoms. The zero-order chi connectivity index (χ0) is 18.0. The molecule has 2 heterocycles. The largest absolute Gasteiger partial charge is 0.301 e. The van der Waals surface area contributed by atoms with E-state index in [0.717, 1.165) is 12.1 Å². The van der Waals surface area contributed by atoms with Crippen molar-refractivity contribution in [3.8, 4) is 11.3 Å². The van der Waals surface area contributed by atoms with Crippen molar-refractivity contribution in [3.05, 3.63) is 35.2 Å². The number of amides is 1. The third kappa shape index (κ3) is 3.99. The van der Waals surface area contributed by atoms with Crippen LogP contribution in [0.4, 0.5) is 13.9 Å². The molecule has 3 rings (SSSR count). The Bertz CT molecular complexity index is 912. The van der Waals surface area contributed by atoms with Crippen LogP contribution in [-0.2, 0) is 11.8 Å². The van der Waals surface area contributed by atoms with E-state index in [2.05, 4.69) is 25.8 Å². The van der Waals surface area contributed by atoms with E-state index >= 15 is 0 Å². The van der Waals surface area contributed by atoms with Gasteiger partial charge in [0.05, 0.1) is 10.9 Å². The molecule has 7 nitrogen and oxygen atoms in total. The predicted octanol–water partition coefficient (Wildman–Crippen LogP) is 2.73. The summed E-state index contributed by atoms with van der Waals surface area (Å²) in [4.78, 5) is 16.5. The van der Waals surface area contributed by atoms with Gasteiger partial charge in [-0.2, -0.15) is 0 Å². The molecule has 0 bridgehead atoms. The molecule has 0 aliphatic rings. The lowest BCUT2D eigenvalue weighted by Crippen LogP contribution is -2.22. The Hall–Kier alpha value is -2.40. The molecule has 0 unspecified atom stereocenters. The number of benzene rings is 1. The molecule has 130 valence electrons. The van der Waals surface area contributed by atoms with Crippen LogP contribution in [0.15, 0.2) is 28.7 Å². The van der Waals surface area contributed by atoms with Gasteiger partial charge < -0.3 is 5.32 Å². The first kappa shape index (κ1) is 17.4. The van der Waals surface area contributed by atoms with Gasteiger partial charge in [0.25, 0.3) is 0 Å². The zero-order valence-electron chi connectivity index (χ0n) is 13.1. The molecular weight excluding hydrogens is 370 g/mol. The number of hydrogen-bond donors (Lipinski definition) is 1. The van der Waals surface area contributed by atoms with Crippen LogP contribution >= 0.6 is 23.1 Å². The van der Waals surface area contributed by atoms with Crippen molar-refractivity contribution in [3.63, 3.8) is 0 Å². The fourth-order valence-electron chi connectivity index (χ4n) is 1.86. The Labute approximate surface area is 149 Å². The van der Waals surface area contributed by atoms with Crippen molar-refractivity contribution in [1.29, 1.82) is 0 Å². The molecular formula is C14H12F2N6OS2. The molecule has 0 saturated carbocycles. The molecule has 0 fully saturated rings. The molecule has 1 atom stereocenters. The Balaban J connectivity index is 1.67. The number of halogens is 2. The van der Waals surface area contributed by atoms with Crippen LogP contribution in [-0.4, -0.2) is 36.3 Å². The van der Waals surface area contributed by atoms with Crippen LogP contribution in [0.3, 0.4) is 0 Å². The van der Waals surface area contributed by atoms with E-state index in [1.165, 1.54) is 33.8 Å².